The molecule has 1 aromatic carbocycles. The molecular formula is C18H23F3IN3OS. The summed E-state index contributed by atoms with van der Waals surface area (Å²) in [6.45, 7) is 2.49. The topological polar surface area (TPSA) is 45.7 Å². The van der Waals surface area contributed by atoms with Gasteiger partial charge in [0.2, 0.25) is 0 Å². The number of aliphatic imine (C=N–C) groups is 1. The maximum Gasteiger partial charge on any atom is 0.422 e. The highest BCUT2D eigenvalue weighted by atomic mass is 127. The molecule has 0 amide bonds. The summed E-state index contributed by atoms with van der Waals surface area (Å²) >= 11 is 1.71. The molecule has 0 aliphatic heterocycles. The second kappa shape index (κ2) is 12.1. The second-order valence-corrected chi connectivity index (χ2v) is 6.53. The highest BCUT2D eigenvalue weighted by Crippen LogP contribution is 2.19. The van der Waals surface area contributed by atoms with Crippen molar-refractivity contribution >= 4 is 41.3 Å². The van der Waals surface area contributed by atoms with Gasteiger partial charge in [-0.15, -0.1) is 35.3 Å². The number of rotatable bonds is 8. The molecule has 1 aromatic heterocycles. The van der Waals surface area contributed by atoms with Crippen LogP contribution in [-0.4, -0.2) is 31.8 Å². The lowest BCUT2D eigenvalue weighted by molar-refractivity contribution is -0.153. The zero-order valence-corrected chi connectivity index (χ0v) is 18.0. The van der Waals surface area contributed by atoms with Crippen LogP contribution in [0, 0.1) is 0 Å². The minimum absolute atomic E-state index is 0. The quantitative estimate of drug-likeness (QED) is 0.308. The van der Waals surface area contributed by atoms with Gasteiger partial charge < -0.3 is 15.4 Å². The molecule has 0 unspecified atom stereocenters. The van der Waals surface area contributed by atoms with Crippen molar-refractivity contribution in [1.29, 1.82) is 0 Å². The van der Waals surface area contributed by atoms with Gasteiger partial charge in [0.25, 0.3) is 0 Å². The fourth-order valence-corrected chi connectivity index (χ4v) is 2.88. The molecule has 0 radical (unpaired) electrons. The van der Waals surface area contributed by atoms with E-state index < -0.39 is 12.8 Å². The third-order valence-electron chi connectivity index (χ3n) is 3.31. The van der Waals surface area contributed by atoms with Crippen molar-refractivity contribution in [3.8, 4) is 5.75 Å². The van der Waals surface area contributed by atoms with E-state index in [4.69, 9.17) is 4.74 Å². The molecule has 0 aliphatic carbocycles. The fraction of sp³-hybridized carbons (Fsp3) is 0.389. The number of hydrogen-bond donors (Lipinski definition) is 2. The lowest BCUT2D eigenvalue weighted by Gasteiger charge is -2.12. The predicted molar refractivity (Wildman–Crippen MR) is 114 cm³/mol. The molecule has 4 nitrogen and oxygen atoms in total. The van der Waals surface area contributed by atoms with E-state index in [2.05, 4.69) is 21.7 Å². The number of alkyl halides is 3. The zero-order valence-electron chi connectivity index (χ0n) is 14.9. The first kappa shape index (κ1) is 23.5. The van der Waals surface area contributed by atoms with Crippen LogP contribution in [0.15, 0.2) is 46.8 Å². The first-order valence-electron chi connectivity index (χ1n) is 8.29. The van der Waals surface area contributed by atoms with Gasteiger partial charge in [-0.1, -0.05) is 18.2 Å². The minimum atomic E-state index is -4.35. The van der Waals surface area contributed by atoms with Crippen molar-refractivity contribution in [2.75, 3.05) is 19.7 Å². The molecule has 0 spiro atoms. The lowest BCUT2D eigenvalue weighted by Crippen LogP contribution is -2.38. The molecule has 0 bridgehead atoms. The van der Waals surface area contributed by atoms with Crippen LogP contribution in [-0.2, 0) is 13.0 Å². The summed E-state index contributed by atoms with van der Waals surface area (Å²) in [4.78, 5) is 5.77. The normalized spacial score (nSPS) is 11.6. The third-order valence-corrected chi connectivity index (χ3v) is 4.25. The number of nitrogens with zero attached hydrogens (tertiary/aromatic N) is 1. The fourth-order valence-electron chi connectivity index (χ4n) is 2.17. The first-order chi connectivity index (χ1) is 12.5. The van der Waals surface area contributed by atoms with Crippen molar-refractivity contribution in [3.63, 3.8) is 0 Å². The number of nitrogens with one attached hydrogen (secondary N) is 2. The molecule has 0 aliphatic rings. The Hall–Kier alpha value is -1.49. The van der Waals surface area contributed by atoms with E-state index >= 15 is 0 Å². The Balaban J connectivity index is 0.00000364. The standard InChI is InChI=1S/C18H22F3N3OS.HI/c1-2-22-17(23-9-8-16-7-4-10-26-16)24-12-14-5-3-6-15(11-14)25-13-18(19,20)21;/h3-7,10-11H,2,8-9,12-13H2,1H3,(H2,22,23,24);1H. The molecule has 0 saturated carbocycles. The zero-order chi connectivity index (χ0) is 18.8. The Morgan fingerprint density at radius 2 is 2.00 bits per heavy atom. The van der Waals surface area contributed by atoms with Crippen LogP contribution < -0.4 is 15.4 Å². The predicted octanol–water partition coefficient (Wildman–Crippen LogP) is 4.61. The van der Waals surface area contributed by atoms with Gasteiger partial charge in [-0.25, -0.2) is 4.99 Å². The molecule has 2 aromatic rings. The van der Waals surface area contributed by atoms with E-state index in [0.717, 1.165) is 25.1 Å². The van der Waals surface area contributed by atoms with E-state index in [1.165, 1.54) is 10.9 Å². The Morgan fingerprint density at radius 3 is 2.67 bits per heavy atom. The summed E-state index contributed by atoms with van der Waals surface area (Å²) in [5, 5.41) is 8.45. The average Bonchev–Trinajstić information content (AvgIpc) is 3.11. The molecule has 0 atom stereocenters. The van der Waals surface area contributed by atoms with Crippen LogP contribution in [0.1, 0.15) is 17.4 Å². The monoisotopic (exact) mass is 513 g/mol. The molecule has 2 rings (SSSR count). The van der Waals surface area contributed by atoms with Gasteiger partial charge >= 0.3 is 6.18 Å². The van der Waals surface area contributed by atoms with Gasteiger partial charge in [0.1, 0.15) is 5.75 Å². The SMILES string of the molecule is CCNC(=NCc1cccc(OCC(F)(F)F)c1)NCCc1cccs1.I. The van der Waals surface area contributed by atoms with Crippen LogP contribution >= 0.6 is 35.3 Å². The smallest absolute Gasteiger partial charge is 0.422 e. The Bertz CT molecular complexity index is 693. The van der Waals surface area contributed by atoms with Crippen LogP contribution in [0.25, 0.3) is 0 Å². The van der Waals surface area contributed by atoms with Gasteiger partial charge in [-0.2, -0.15) is 13.2 Å². The van der Waals surface area contributed by atoms with Gasteiger partial charge in [0, 0.05) is 18.0 Å². The van der Waals surface area contributed by atoms with E-state index in [1.807, 2.05) is 18.4 Å². The van der Waals surface area contributed by atoms with Gasteiger partial charge in [0.05, 0.1) is 6.54 Å². The lowest BCUT2D eigenvalue weighted by atomic mass is 10.2. The third kappa shape index (κ3) is 9.85. The summed E-state index contributed by atoms with van der Waals surface area (Å²) in [5.41, 5.74) is 0.778. The van der Waals surface area contributed by atoms with E-state index in [1.54, 1.807) is 29.5 Å². The highest BCUT2D eigenvalue weighted by molar-refractivity contribution is 14.0. The molecule has 0 fully saturated rings. The number of benzene rings is 1. The number of guanidine groups is 1. The summed E-state index contributed by atoms with van der Waals surface area (Å²) in [6.07, 6.45) is -3.44. The number of thiophene rings is 1. The molecule has 0 saturated heterocycles. The molecule has 27 heavy (non-hydrogen) atoms. The summed E-state index contributed by atoms with van der Waals surface area (Å²) in [7, 11) is 0. The van der Waals surface area contributed by atoms with E-state index in [0.29, 0.717) is 12.5 Å². The largest absolute Gasteiger partial charge is 0.484 e. The van der Waals surface area contributed by atoms with Crippen molar-refractivity contribution in [2.45, 2.75) is 26.1 Å². The molecular weight excluding hydrogens is 490 g/mol. The summed E-state index contributed by atoms with van der Waals surface area (Å²) < 4.78 is 41.5. The van der Waals surface area contributed by atoms with Crippen LogP contribution in [0.5, 0.6) is 5.75 Å². The summed E-state index contributed by atoms with van der Waals surface area (Å²) in [6, 6.07) is 10.6. The maximum absolute atomic E-state index is 12.2. The average molecular weight is 513 g/mol. The molecule has 2 N–H and O–H groups in total. The second-order valence-electron chi connectivity index (χ2n) is 5.50. The number of ether oxygens (including phenoxy) is 1. The number of hydrogen-bond acceptors (Lipinski definition) is 3. The maximum atomic E-state index is 12.2. The first-order valence-corrected chi connectivity index (χ1v) is 9.17. The molecule has 1 heterocycles. The number of halogens is 4. The van der Waals surface area contributed by atoms with Crippen molar-refractivity contribution in [2.24, 2.45) is 4.99 Å². The summed E-state index contributed by atoms with van der Waals surface area (Å²) in [5.74, 6) is 0.858. The van der Waals surface area contributed by atoms with Crippen molar-refractivity contribution in [1.82, 2.24) is 10.6 Å². The van der Waals surface area contributed by atoms with Crippen molar-refractivity contribution < 1.29 is 17.9 Å². The van der Waals surface area contributed by atoms with Crippen molar-refractivity contribution in [3.05, 3.63) is 52.2 Å². The highest BCUT2D eigenvalue weighted by Gasteiger charge is 2.28. The van der Waals surface area contributed by atoms with Crippen LogP contribution in [0.2, 0.25) is 0 Å². The molecule has 150 valence electrons. The molecule has 9 heteroatoms. The Kier molecular flexibility index (Phi) is 10.5. The Labute approximate surface area is 178 Å². The van der Waals surface area contributed by atoms with Crippen LogP contribution in [0.3, 0.4) is 0 Å². The van der Waals surface area contributed by atoms with E-state index in [-0.39, 0.29) is 29.7 Å². The van der Waals surface area contributed by atoms with Gasteiger partial charge in [-0.05, 0) is 42.5 Å². The van der Waals surface area contributed by atoms with E-state index in [9.17, 15) is 13.2 Å². The van der Waals surface area contributed by atoms with Gasteiger partial charge in [0.15, 0.2) is 12.6 Å². The Morgan fingerprint density at radius 1 is 1.19 bits per heavy atom. The minimum Gasteiger partial charge on any atom is -0.484 e. The van der Waals surface area contributed by atoms with Gasteiger partial charge in [-0.3, -0.25) is 0 Å². The van der Waals surface area contributed by atoms with Crippen LogP contribution in [0.4, 0.5) is 13.2 Å².